The molecule has 1 aliphatic rings. The highest BCUT2D eigenvalue weighted by Crippen LogP contribution is 2.40. The van der Waals surface area contributed by atoms with Crippen LogP contribution in [0, 0.1) is 11.8 Å². The van der Waals surface area contributed by atoms with Crippen LogP contribution in [0.1, 0.15) is 41.5 Å². The van der Waals surface area contributed by atoms with Crippen LogP contribution in [-0.4, -0.2) is 18.0 Å². The molecule has 0 spiro atoms. The van der Waals surface area contributed by atoms with Crippen molar-refractivity contribution in [2.45, 2.75) is 59.5 Å². The van der Waals surface area contributed by atoms with Crippen LogP contribution >= 0.6 is 0 Å². The van der Waals surface area contributed by atoms with Gasteiger partial charge in [-0.05, 0) is 13.8 Å². The average molecular weight is 186 g/mol. The second-order valence-electron chi connectivity index (χ2n) is 4.68. The molecule has 2 nitrogen and oxygen atoms in total. The van der Waals surface area contributed by atoms with Crippen LogP contribution in [0.3, 0.4) is 0 Å². The van der Waals surface area contributed by atoms with Crippen LogP contribution in [0.4, 0.5) is 0 Å². The largest absolute Gasteiger partial charge is 0.344 e. The summed E-state index contributed by atoms with van der Waals surface area (Å²) in [6, 6.07) is 0. The molecule has 0 aromatic heterocycles. The van der Waals surface area contributed by atoms with Gasteiger partial charge in [0.1, 0.15) is 0 Å². The van der Waals surface area contributed by atoms with Crippen molar-refractivity contribution >= 4 is 0 Å². The lowest BCUT2D eigenvalue weighted by atomic mass is 9.91. The van der Waals surface area contributed by atoms with Gasteiger partial charge in [0, 0.05) is 11.8 Å². The molecule has 13 heavy (non-hydrogen) atoms. The molecule has 0 unspecified atom stereocenters. The van der Waals surface area contributed by atoms with E-state index in [0.29, 0.717) is 11.8 Å². The van der Waals surface area contributed by atoms with Gasteiger partial charge in [0.25, 0.3) is 0 Å². The summed E-state index contributed by atoms with van der Waals surface area (Å²) < 4.78 is 11.9. The molecule has 1 saturated heterocycles. The molecule has 0 saturated carbocycles. The Kier molecular flexibility index (Phi) is 3.03. The Balaban J connectivity index is 2.83. The molecule has 0 aliphatic carbocycles. The Morgan fingerprint density at radius 3 is 1.31 bits per heavy atom. The van der Waals surface area contributed by atoms with Crippen molar-refractivity contribution in [3.63, 3.8) is 0 Å². The van der Waals surface area contributed by atoms with Gasteiger partial charge in [0.15, 0.2) is 5.79 Å². The molecule has 1 rings (SSSR count). The molecule has 0 aromatic rings. The fourth-order valence-corrected chi connectivity index (χ4v) is 2.01. The number of hydrogen-bond acceptors (Lipinski definition) is 2. The van der Waals surface area contributed by atoms with Gasteiger partial charge < -0.3 is 9.47 Å². The highest BCUT2D eigenvalue weighted by Gasteiger charge is 2.48. The Morgan fingerprint density at radius 2 is 1.15 bits per heavy atom. The molecule has 78 valence electrons. The minimum absolute atomic E-state index is 0.213. The van der Waals surface area contributed by atoms with Gasteiger partial charge in [0.2, 0.25) is 0 Å². The van der Waals surface area contributed by atoms with Gasteiger partial charge in [-0.2, -0.15) is 0 Å². The van der Waals surface area contributed by atoms with Crippen molar-refractivity contribution in [3.8, 4) is 0 Å². The van der Waals surface area contributed by atoms with Crippen LogP contribution in [0.25, 0.3) is 0 Å². The molecule has 1 aliphatic heterocycles. The summed E-state index contributed by atoms with van der Waals surface area (Å²) in [5, 5.41) is 0. The summed E-state index contributed by atoms with van der Waals surface area (Å²) in [6.45, 7) is 12.8. The number of rotatable bonds is 2. The van der Waals surface area contributed by atoms with Crippen LogP contribution in [0.2, 0.25) is 0 Å². The third kappa shape index (κ3) is 1.75. The van der Waals surface area contributed by atoms with Gasteiger partial charge in [-0.1, -0.05) is 27.7 Å². The van der Waals surface area contributed by atoms with Crippen molar-refractivity contribution in [1.29, 1.82) is 0 Å². The minimum atomic E-state index is -0.362. The lowest BCUT2D eigenvalue weighted by Gasteiger charge is -2.35. The van der Waals surface area contributed by atoms with Crippen molar-refractivity contribution in [1.82, 2.24) is 0 Å². The van der Waals surface area contributed by atoms with E-state index in [1.807, 2.05) is 0 Å². The summed E-state index contributed by atoms with van der Waals surface area (Å²) in [4.78, 5) is 0. The molecule has 1 heterocycles. The van der Waals surface area contributed by atoms with E-state index in [9.17, 15) is 0 Å². The standard InChI is InChI=1S/C11H22O2/c1-7(2)11(8(3)4)12-9(5)10(6)13-11/h7-10H,1-6H3/t9-,10-/m1/s1. The quantitative estimate of drug-likeness (QED) is 0.660. The number of ether oxygens (including phenoxy) is 2. The first-order chi connectivity index (χ1) is 5.90. The van der Waals surface area contributed by atoms with E-state index in [2.05, 4.69) is 41.5 Å². The summed E-state index contributed by atoms with van der Waals surface area (Å²) >= 11 is 0. The van der Waals surface area contributed by atoms with Gasteiger partial charge in [-0.25, -0.2) is 0 Å². The smallest absolute Gasteiger partial charge is 0.173 e. The molecule has 0 N–H and O–H groups in total. The second kappa shape index (κ2) is 3.58. The normalized spacial score (nSPS) is 33.2. The molecule has 0 aromatic carbocycles. The van der Waals surface area contributed by atoms with E-state index in [-0.39, 0.29) is 18.0 Å². The first kappa shape index (κ1) is 11.0. The SMILES string of the molecule is CC(C)C1(C(C)C)O[C@H](C)[C@@H](C)O1. The first-order valence-electron chi connectivity index (χ1n) is 5.25. The highest BCUT2D eigenvalue weighted by atomic mass is 16.8. The summed E-state index contributed by atoms with van der Waals surface area (Å²) in [5.74, 6) is 0.443. The summed E-state index contributed by atoms with van der Waals surface area (Å²) in [7, 11) is 0. The molecule has 0 amide bonds. The predicted molar refractivity (Wildman–Crippen MR) is 53.5 cm³/mol. The van der Waals surface area contributed by atoms with Crippen molar-refractivity contribution in [2.24, 2.45) is 11.8 Å². The zero-order valence-corrected chi connectivity index (χ0v) is 9.63. The van der Waals surface area contributed by atoms with Crippen LogP contribution in [0.15, 0.2) is 0 Å². The van der Waals surface area contributed by atoms with Crippen LogP contribution in [-0.2, 0) is 9.47 Å². The molecule has 0 bridgehead atoms. The Labute approximate surface area is 81.6 Å². The molecule has 2 heteroatoms. The third-order valence-corrected chi connectivity index (χ3v) is 3.01. The van der Waals surface area contributed by atoms with E-state index in [0.717, 1.165) is 0 Å². The van der Waals surface area contributed by atoms with Crippen molar-refractivity contribution < 1.29 is 9.47 Å². The Bertz CT molecular complexity index is 155. The molecule has 1 fully saturated rings. The lowest BCUT2D eigenvalue weighted by Crippen LogP contribution is -2.42. The van der Waals surface area contributed by atoms with Gasteiger partial charge in [-0.15, -0.1) is 0 Å². The highest BCUT2D eigenvalue weighted by molar-refractivity contribution is 4.86. The average Bonchev–Trinajstić information content (AvgIpc) is 2.29. The Hall–Kier alpha value is -0.0800. The maximum absolute atomic E-state index is 5.96. The van der Waals surface area contributed by atoms with E-state index < -0.39 is 0 Å². The van der Waals surface area contributed by atoms with Crippen molar-refractivity contribution in [2.75, 3.05) is 0 Å². The second-order valence-corrected chi connectivity index (χ2v) is 4.68. The molecular weight excluding hydrogens is 164 g/mol. The molecule has 0 radical (unpaired) electrons. The van der Waals surface area contributed by atoms with Crippen molar-refractivity contribution in [3.05, 3.63) is 0 Å². The fraction of sp³-hybridized carbons (Fsp3) is 1.00. The van der Waals surface area contributed by atoms with Gasteiger partial charge in [-0.3, -0.25) is 0 Å². The number of hydrogen-bond donors (Lipinski definition) is 0. The summed E-state index contributed by atoms with van der Waals surface area (Å²) in [5.41, 5.74) is 0. The Morgan fingerprint density at radius 1 is 0.846 bits per heavy atom. The molecular formula is C11H22O2. The van der Waals surface area contributed by atoms with E-state index in [4.69, 9.17) is 9.47 Å². The molecule has 2 atom stereocenters. The minimum Gasteiger partial charge on any atom is -0.344 e. The third-order valence-electron chi connectivity index (χ3n) is 3.01. The zero-order valence-electron chi connectivity index (χ0n) is 9.63. The van der Waals surface area contributed by atoms with Crippen LogP contribution < -0.4 is 0 Å². The van der Waals surface area contributed by atoms with E-state index in [1.165, 1.54) is 0 Å². The topological polar surface area (TPSA) is 18.5 Å². The fourth-order valence-electron chi connectivity index (χ4n) is 2.01. The summed E-state index contributed by atoms with van der Waals surface area (Å²) in [6.07, 6.45) is 0.426. The maximum atomic E-state index is 5.96. The van der Waals surface area contributed by atoms with E-state index >= 15 is 0 Å². The predicted octanol–water partition coefficient (Wildman–Crippen LogP) is 2.82. The van der Waals surface area contributed by atoms with Gasteiger partial charge in [0.05, 0.1) is 12.2 Å². The first-order valence-corrected chi connectivity index (χ1v) is 5.25. The van der Waals surface area contributed by atoms with Gasteiger partial charge >= 0.3 is 0 Å². The monoisotopic (exact) mass is 186 g/mol. The van der Waals surface area contributed by atoms with Crippen LogP contribution in [0.5, 0.6) is 0 Å². The van der Waals surface area contributed by atoms with E-state index in [1.54, 1.807) is 0 Å². The zero-order chi connectivity index (χ0) is 10.2. The lowest BCUT2D eigenvalue weighted by molar-refractivity contribution is -0.230. The maximum Gasteiger partial charge on any atom is 0.173 e.